The summed E-state index contributed by atoms with van der Waals surface area (Å²) in [5.74, 6) is 0. The number of benzene rings is 1. The van der Waals surface area contributed by atoms with Crippen LogP contribution in [0.15, 0.2) is 30.3 Å². The third-order valence-corrected chi connectivity index (χ3v) is 2.18. The standard InChI is InChI=1S/C7H9Si/c1-8-7-5-3-2-4-6-7/h2-6H,1,8H2. The number of rotatable bonds is 1. The fourth-order valence-corrected chi connectivity index (χ4v) is 1.25. The Morgan fingerprint density at radius 3 is 2.12 bits per heavy atom. The van der Waals surface area contributed by atoms with E-state index in [-0.39, 0.29) is 9.52 Å². The molecule has 0 bridgehead atoms. The molecule has 0 aliphatic rings. The molecule has 0 aliphatic carbocycles. The lowest BCUT2D eigenvalue weighted by Crippen LogP contribution is -2.08. The second kappa shape index (κ2) is 2.67. The van der Waals surface area contributed by atoms with Crippen molar-refractivity contribution >= 4 is 14.7 Å². The van der Waals surface area contributed by atoms with E-state index in [1.807, 2.05) is 6.07 Å². The summed E-state index contributed by atoms with van der Waals surface area (Å²) in [7, 11) is -0.159. The van der Waals surface area contributed by atoms with Crippen LogP contribution in [0.4, 0.5) is 0 Å². The Kier molecular flexibility index (Phi) is 1.86. The summed E-state index contributed by atoms with van der Waals surface area (Å²) in [6.45, 7) is 3.89. The minimum Gasteiger partial charge on any atom is -0.0669 e. The predicted octanol–water partition coefficient (Wildman–Crippen LogP) is 0.272. The zero-order valence-corrected chi connectivity index (χ0v) is 6.22. The van der Waals surface area contributed by atoms with Crippen molar-refractivity contribution in [3.05, 3.63) is 36.9 Å². The van der Waals surface area contributed by atoms with Gasteiger partial charge in [0.25, 0.3) is 0 Å². The number of hydrogen-bond donors (Lipinski definition) is 0. The highest BCUT2D eigenvalue weighted by atomic mass is 28.2. The van der Waals surface area contributed by atoms with Gasteiger partial charge in [0.1, 0.15) is 0 Å². The molecule has 0 nitrogen and oxygen atoms in total. The highest BCUT2D eigenvalue weighted by molar-refractivity contribution is 6.55. The van der Waals surface area contributed by atoms with Crippen LogP contribution in [-0.4, -0.2) is 9.52 Å². The van der Waals surface area contributed by atoms with Crippen molar-refractivity contribution in [1.29, 1.82) is 0 Å². The normalized spacial score (nSPS) is 10.6. The smallest absolute Gasteiger partial charge is 0.0544 e. The maximum absolute atomic E-state index is 3.89. The van der Waals surface area contributed by atoms with Gasteiger partial charge in [0.2, 0.25) is 0 Å². The third kappa shape index (κ3) is 1.20. The molecule has 8 heavy (non-hydrogen) atoms. The minimum absolute atomic E-state index is 0.159. The van der Waals surface area contributed by atoms with Crippen molar-refractivity contribution in [3.8, 4) is 0 Å². The summed E-state index contributed by atoms with van der Waals surface area (Å²) in [4.78, 5) is 0. The average Bonchev–Trinajstić information content (AvgIpc) is 1.90. The van der Waals surface area contributed by atoms with Crippen LogP contribution in [0.25, 0.3) is 0 Å². The van der Waals surface area contributed by atoms with Crippen molar-refractivity contribution in [2.75, 3.05) is 0 Å². The SMILES string of the molecule is [CH2][SiH2]c1ccccc1. The minimum atomic E-state index is -0.159. The first-order valence-corrected chi connectivity index (χ1v) is 4.47. The summed E-state index contributed by atoms with van der Waals surface area (Å²) < 4.78 is 0. The lowest BCUT2D eigenvalue weighted by Gasteiger charge is -1.88. The molecular formula is C7H9Si. The molecule has 1 aromatic carbocycles. The Morgan fingerprint density at radius 1 is 1.12 bits per heavy atom. The number of hydrogen-bond acceptors (Lipinski definition) is 0. The second-order valence-electron chi connectivity index (χ2n) is 1.74. The lowest BCUT2D eigenvalue weighted by atomic mass is 10.4. The molecular weight excluding hydrogens is 112 g/mol. The molecule has 0 heterocycles. The van der Waals surface area contributed by atoms with Crippen LogP contribution in [0.1, 0.15) is 0 Å². The molecule has 0 unspecified atom stereocenters. The van der Waals surface area contributed by atoms with Gasteiger partial charge in [-0.1, -0.05) is 42.1 Å². The van der Waals surface area contributed by atoms with Crippen molar-refractivity contribution in [3.63, 3.8) is 0 Å². The highest BCUT2D eigenvalue weighted by Gasteiger charge is 1.80. The fourth-order valence-electron chi connectivity index (χ4n) is 0.645. The van der Waals surface area contributed by atoms with Gasteiger partial charge in [0.15, 0.2) is 0 Å². The maximum Gasteiger partial charge on any atom is 0.0544 e. The molecule has 0 fully saturated rings. The van der Waals surface area contributed by atoms with Gasteiger partial charge in [-0.3, -0.25) is 0 Å². The molecule has 0 aromatic heterocycles. The van der Waals surface area contributed by atoms with E-state index in [9.17, 15) is 0 Å². The highest BCUT2D eigenvalue weighted by Crippen LogP contribution is 1.78. The Labute approximate surface area is 52.4 Å². The largest absolute Gasteiger partial charge is 0.0669 e. The van der Waals surface area contributed by atoms with E-state index in [2.05, 4.69) is 30.8 Å². The second-order valence-corrected chi connectivity index (χ2v) is 3.05. The third-order valence-electron chi connectivity index (χ3n) is 1.13. The Bertz CT molecular complexity index is 146. The molecule has 0 atom stereocenters. The van der Waals surface area contributed by atoms with Gasteiger partial charge in [0, 0.05) is 0 Å². The van der Waals surface area contributed by atoms with E-state index in [1.165, 1.54) is 5.19 Å². The summed E-state index contributed by atoms with van der Waals surface area (Å²) >= 11 is 0. The first kappa shape index (κ1) is 5.57. The van der Waals surface area contributed by atoms with Crippen LogP contribution in [0.3, 0.4) is 0 Å². The van der Waals surface area contributed by atoms with Gasteiger partial charge in [0.05, 0.1) is 9.52 Å². The van der Waals surface area contributed by atoms with Crippen LogP contribution in [0.5, 0.6) is 0 Å². The van der Waals surface area contributed by atoms with Crippen LogP contribution in [-0.2, 0) is 0 Å². The van der Waals surface area contributed by atoms with E-state index >= 15 is 0 Å². The Hall–Kier alpha value is -0.563. The van der Waals surface area contributed by atoms with E-state index in [0.29, 0.717) is 0 Å². The van der Waals surface area contributed by atoms with Crippen LogP contribution >= 0.6 is 0 Å². The fraction of sp³-hybridized carbons (Fsp3) is 0. The van der Waals surface area contributed by atoms with E-state index in [1.54, 1.807) is 0 Å². The van der Waals surface area contributed by atoms with Gasteiger partial charge in [-0.15, -0.1) is 0 Å². The molecule has 1 radical (unpaired) electrons. The first-order valence-electron chi connectivity index (χ1n) is 2.76. The van der Waals surface area contributed by atoms with Gasteiger partial charge in [-0.25, -0.2) is 0 Å². The van der Waals surface area contributed by atoms with Gasteiger partial charge in [-0.2, -0.15) is 0 Å². The average molecular weight is 121 g/mol. The van der Waals surface area contributed by atoms with Crippen molar-refractivity contribution in [1.82, 2.24) is 0 Å². The monoisotopic (exact) mass is 121 g/mol. The van der Waals surface area contributed by atoms with Gasteiger partial charge in [-0.05, 0) is 0 Å². The van der Waals surface area contributed by atoms with Crippen LogP contribution in [0.2, 0.25) is 0 Å². The summed E-state index contributed by atoms with van der Waals surface area (Å²) in [5, 5.41) is 1.44. The molecule has 0 saturated carbocycles. The molecule has 0 N–H and O–H groups in total. The molecule has 0 saturated heterocycles. The molecule has 0 aliphatic heterocycles. The molecule has 1 heteroatoms. The lowest BCUT2D eigenvalue weighted by molar-refractivity contribution is 1.77. The topological polar surface area (TPSA) is 0 Å². The van der Waals surface area contributed by atoms with E-state index in [4.69, 9.17) is 0 Å². The molecule has 1 aromatic rings. The van der Waals surface area contributed by atoms with Crippen molar-refractivity contribution in [2.45, 2.75) is 0 Å². The Balaban J connectivity index is 2.83. The molecule has 1 rings (SSSR count). The maximum atomic E-state index is 3.89. The van der Waals surface area contributed by atoms with E-state index in [0.717, 1.165) is 0 Å². The van der Waals surface area contributed by atoms with E-state index < -0.39 is 0 Å². The molecule has 0 spiro atoms. The zero-order chi connectivity index (χ0) is 5.82. The molecule has 41 valence electrons. The quantitative estimate of drug-likeness (QED) is 0.468. The van der Waals surface area contributed by atoms with Crippen molar-refractivity contribution in [2.24, 2.45) is 0 Å². The molecule has 0 amide bonds. The van der Waals surface area contributed by atoms with Crippen LogP contribution in [0, 0.1) is 6.55 Å². The zero-order valence-electron chi connectivity index (χ0n) is 4.80. The van der Waals surface area contributed by atoms with Gasteiger partial charge < -0.3 is 0 Å². The summed E-state index contributed by atoms with van der Waals surface area (Å²) in [6, 6.07) is 10.4. The summed E-state index contributed by atoms with van der Waals surface area (Å²) in [6.07, 6.45) is 0. The van der Waals surface area contributed by atoms with Gasteiger partial charge >= 0.3 is 0 Å². The Morgan fingerprint density at radius 2 is 1.75 bits per heavy atom. The van der Waals surface area contributed by atoms with Crippen molar-refractivity contribution < 1.29 is 0 Å². The predicted molar refractivity (Wildman–Crippen MR) is 40.0 cm³/mol. The summed E-state index contributed by atoms with van der Waals surface area (Å²) in [5.41, 5.74) is 0. The first-order chi connectivity index (χ1) is 3.93. The van der Waals surface area contributed by atoms with Crippen LogP contribution < -0.4 is 5.19 Å².